The molecular formula is C11H6Cl2O3S. The van der Waals surface area contributed by atoms with Gasteiger partial charge in [-0.25, -0.2) is 4.79 Å². The van der Waals surface area contributed by atoms with Crippen LogP contribution in [0.4, 0.5) is 0 Å². The van der Waals surface area contributed by atoms with Gasteiger partial charge in [0, 0.05) is 11.4 Å². The van der Waals surface area contributed by atoms with Gasteiger partial charge < -0.3 is 9.84 Å². The van der Waals surface area contributed by atoms with Gasteiger partial charge in [0.05, 0.1) is 5.02 Å². The Morgan fingerprint density at radius 2 is 2.12 bits per heavy atom. The minimum Gasteiger partial charge on any atom is -0.477 e. The average molecular weight is 289 g/mol. The summed E-state index contributed by atoms with van der Waals surface area (Å²) in [5.41, 5.74) is 0. The van der Waals surface area contributed by atoms with Crippen molar-refractivity contribution in [1.29, 1.82) is 0 Å². The number of benzene rings is 1. The summed E-state index contributed by atoms with van der Waals surface area (Å²) < 4.78 is 5.45. The van der Waals surface area contributed by atoms with Crippen LogP contribution in [0.1, 0.15) is 9.67 Å². The molecule has 0 aliphatic rings. The van der Waals surface area contributed by atoms with Gasteiger partial charge in [-0.15, -0.1) is 11.3 Å². The fourth-order valence-corrected chi connectivity index (χ4v) is 2.15. The zero-order valence-corrected chi connectivity index (χ0v) is 10.6. The summed E-state index contributed by atoms with van der Waals surface area (Å²) in [5, 5.41) is 11.1. The minimum atomic E-state index is -0.984. The molecule has 0 fully saturated rings. The van der Waals surface area contributed by atoms with Crippen LogP contribution >= 0.6 is 34.5 Å². The summed E-state index contributed by atoms with van der Waals surface area (Å²) in [6.07, 6.45) is 0. The van der Waals surface area contributed by atoms with E-state index in [1.54, 1.807) is 23.6 Å². The molecule has 17 heavy (non-hydrogen) atoms. The Morgan fingerprint density at radius 3 is 2.76 bits per heavy atom. The molecule has 2 aromatic rings. The second kappa shape index (κ2) is 4.96. The molecule has 0 unspecified atom stereocenters. The van der Waals surface area contributed by atoms with E-state index in [2.05, 4.69) is 0 Å². The fraction of sp³-hybridized carbons (Fsp3) is 0. The zero-order chi connectivity index (χ0) is 12.4. The molecule has 1 aromatic carbocycles. The lowest BCUT2D eigenvalue weighted by atomic mass is 10.3. The number of thiophene rings is 1. The molecule has 1 heterocycles. The molecule has 0 aliphatic heterocycles. The molecule has 0 amide bonds. The van der Waals surface area contributed by atoms with Crippen LogP contribution in [0.15, 0.2) is 29.6 Å². The van der Waals surface area contributed by atoms with E-state index in [0.29, 0.717) is 21.5 Å². The quantitative estimate of drug-likeness (QED) is 0.901. The molecule has 1 N–H and O–H groups in total. The van der Waals surface area contributed by atoms with Crippen LogP contribution in [0.3, 0.4) is 0 Å². The van der Waals surface area contributed by atoms with E-state index in [1.807, 2.05) is 0 Å². The molecule has 3 nitrogen and oxygen atoms in total. The number of rotatable bonds is 3. The largest absolute Gasteiger partial charge is 0.477 e. The Hall–Kier alpha value is -1.23. The highest BCUT2D eigenvalue weighted by Crippen LogP contribution is 2.35. The van der Waals surface area contributed by atoms with Gasteiger partial charge in [-0.3, -0.25) is 0 Å². The van der Waals surface area contributed by atoms with Gasteiger partial charge in [0.2, 0.25) is 0 Å². The van der Waals surface area contributed by atoms with Crippen molar-refractivity contribution in [2.24, 2.45) is 0 Å². The number of hydrogen-bond donors (Lipinski definition) is 1. The number of ether oxygens (including phenoxy) is 1. The first-order valence-corrected chi connectivity index (χ1v) is 6.15. The highest BCUT2D eigenvalue weighted by molar-refractivity contribution is 7.12. The van der Waals surface area contributed by atoms with E-state index in [-0.39, 0.29) is 4.88 Å². The lowest BCUT2D eigenvalue weighted by Crippen LogP contribution is -1.90. The standard InChI is InChI=1S/C11H6Cl2O3S/c12-7-2-1-3-8(10(7)13)16-6-4-9(11(14)15)17-5-6/h1-5H,(H,14,15). The Bertz CT molecular complexity index is 566. The minimum absolute atomic E-state index is 0.207. The Morgan fingerprint density at radius 1 is 1.35 bits per heavy atom. The Kier molecular flexibility index (Phi) is 3.57. The van der Waals surface area contributed by atoms with Crippen LogP contribution in [0, 0.1) is 0 Å². The highest BCUT2D eigenvalue weighted by atomic mass is 35.5. The first kappa shape index (κ1) is 12.2. The molecule has 0 atom stereocenters. The second-order valence-corrected chi connectivity index (χ2v) is 4.80. The van der Waals surface area contributed by atoms with Crippen LogP contribution < -0.4 is 4.74 Å². The predicted octanol–water partition coefficient (Wildman–Crippen LogP) is 4.55. The van der Waals surface area contributed by atoms with Gasteiger partial charge in [0.25, 0.3) is 0 Å². The van der Waals surface area contributed by atoms with Gasteiger partial charge in [-0.05, 0) is 12.1 Å². The van der Waals surface area contributed by atoms with Crippen LogP contribution in [-0.2, 0) is 0 Å². The number of carboxylic acid groups (broad SMARTS) is 1. The fourth-order valence-electron chi connectivity index (χ4n) is 1.17. The molecular weight excluding hydrogens is 283 g/mol. The van der Waals surface area contributed by atoms with Crippen LogP contribution in [-0.4, -0.2) is 11.1 Å². The summed E-state index contributed by atoms with van der Waals surface area (Å²) in [6, 6.07) is 6.44. The third kappa shape index (κ3) is 2.72. The number of halogens is 2. The van der Waals surface area contributed by atoms with E-state index in [0.717, 1.165) is 11.3 Å². The van der Waals surface area contributed by atoms with E-state index in [9.17, 15) is 4.79 Å². The second-order valence-electron chi connectivity index (χ2n) is 3.11. The van der Waals surface area contributed by atoms with E-state index in [4.69, 9.17) is 33.0 Å². The van der Waals surface area contributed by atoms with Crippen molar-refractivity contribution < 1.29 is 14.6 Å². The van der Waals surface area contributed by atoms with E-state index in [1.165, 1.54) is 6.07 Å². The molecule has 88 valence electrons. The van der Waals surface area contributed by atoms with Crippen molar-refractivity contribution in [2.45, 2.75) is 0 Å². The summed E-state index contributed by atoms with van der Waals surface area (Å²) in [5.74, 6) is -0.160. The number of carboxylic acids is 1. The summed E-state index contributed by atoms with van der Waals surface area (Å²) >= 11 is 12.9. The molecule has 0 bridgehead atoms. The number of carbonyl (C=O) groups is 1. The van der Waals surface area contributed by atoms with Crippen molar-refractivity contribution in [3.8, 4) is 11.5 Å². The first-order chi connectivity index (χ1) is 8.08. The van der Waals surface area contributed by atoms with E-state index >= 15 is 0 Å². The zero-order valence-electron chi connectivity index (χ0n) is 8.31. The van der Waals surface area contributed by atoms with Crippen LogP contribution in [0.2, 0.25) is 10.0 Å². The molecule has 0 saturated carbocycles. The number of aromatic carboxylic acids is 1. The van der Waals surface area contributed by atoms with Crippen molar-refractivity contribution in [3.63, 3.8) is 0 Å². The molecule has 2 rings (SSSR count). The molecule has 0 radical (unpaired) electrons. The van der Waals surface area contributed by atoms with Crippen molar-refractivity contribution >= 4 is 40.5 Å². The summed E-state index contributed by atoms with van der Waals surface area (Å²) in [7, 11) is 0. The normalized spacial score (nSPS) is 10.2. The van der Waals surface area contributed by atoms with Crippen LogP contribution in [0.25, 0.3) is 0 Å². The van der Waals surface area contributed by atoms with Crippen LogP contribution in [0.5, 0.6) is 11.5 Å². The lowest BCUT2D eigenvalue weighted by Gasteiger charge is -2.05. The van der Waals surface area contributed by atoms with Gasteiger partial charge in [0.15, 0.2) is 0 Å². The van der Waals surface area contributed by atoms with Crippen molar-refractivity contribution in [1.82, 2.24) is 0 Å². The van der Waals surface area contributed by atoms with Gasteiger partial charge in [-0.1, -0.05) is 29.3 Å². The Balaban J connectivity index is 2.25. The maximum atomic E-state index is 10.7. The number of hydrogen-bond acceptors (Lipinski definition) is 3. The smallest absolute Gasteiger partial charge is 0.346 e. The SMILES string of the molecule is O=C(O)c1cc(Oc2cccc(Cl)c2Cl)cs1. The maximum absolute atomic E-state index is 10.7. The predicted molar refractivity (Wildman–Crippen MR) is 67.8 cm³/mol. The third-order valence-corrected chi connectivity index (χ3v) is 3.63. The van der Waals surface area contributed by atoms with E-state index < -0.39 is 5.97 Å². The van der Waals surface area contributed by atoms with Gasteiger partial charge in [-0.2, -0.15) is 0 Å². The van der Waals surface area contributed by atoms with Crippen molar-refractivity contribution in [3.05, 3.63) is 44.6 Å². The Labute approximate surface area is 111 Å². The molecule has 6 heteroatoms. The first-order valence-electron chi connectivity index (χ1n) is 4.51. The van der Waals surface area contributed by atoms with Crippen molar-refractivity contribution in [2.75, 3.05) is 0 Å². The topological polar surface area (TPSA) is 46.5 Å². The molecule has 0 spiro atoms. The summed E-state index contributed by atoms with van der Waals surface area (Å²) in [6.45, 7) is 0. The molecule has 0 aliphatic carbocycles. The molecule has 0 saturated heterocycles. The third-order valence-electron chi connectivity index (χ3n) is 1.93. The molecule has 1 aromatic heterocycles. The maximum Gasteiger partial charge on any atom is 0.346 e. The lowest BCUT2D eigenvalue weighted by molar-refractivity contribution is 0.0702. The van der Waals surface area contributed by atoms with Gasteiger partial charge >= 0.3 is 5.97 Å². The average Bonchev–Trinajstić information content (AvgIpc) is 2.73. The highest BCUT2D eigenvalue weighted by Gasteiger charge is 2.10. The van der Waals surface area contributed by atoms with Gasteiger partial charge in [0.1, 0.15) is 21.4 Å². The monoisotopic (exact) mass is 288 g/mol. The summed E-state index contributed by atoms with van der Waals surface area (Å²) in [4.78, 5) is 10.9.